The average Bonchev–Trinajstić information content (AvgIpc) is 2.49. The van der Waals surface area contributed by atoms with Gasteiger partial charge in [0.1, 0.15) is 6.54 Å². The van der Waals surface area contributed by atoms with E-state index >= 15 is 0 Å². The van der Waals surface area contributed by atoms with E-state index in [1.165, 1.54) is 51.4 Å². The number of benzene rings is 1. The van der Waals surface area contributed by atoms with Gasteiger partial charge in [0, 0.05) is 17.7 Å². The van der Waals surface area contributed by atoms with Crippen LogP contribution in [0.1, 0.15) is 63.9 Å². The Bertz CT molecular complexity index is 472. The maximum absolute atomic E-state index is 10.9. The van der Waals surface area contributed by atoms with Crippen LogP contribution in [0, 0.1) is 10.1 Å². The molecule has 1 rings (SSSR count). The second kappa shape index (κ2) is 10.4. The zero-order chi connectivity index (χ0) is 17.1. The molecule has 0 fully saturated rings. The first-order valence-corrected chi connectivity index (χ1v) is 9.00. The first-order valence-electron chi connectivity index (χ1n) is 9.00. The van der Waals surface area contributed by atoms with Crippen LogP contribution in [0.15, 0.2) is 24.3 Å². The van der Waals surface area contributed by atoms with E-state index in [1.807, 2.05) is 6.07 Å². The summed E-state index contributed by atoms with van der Waals surface area (Å²) >= 11 is 0. The van der Waals surface area contributed by atoms with Gasteiger partial charge in [-0.2, -0.15) is 0 Å². The first-order chi connectivity index (χ1) is 10.9. The largest absolute Gasteiger partial charge is 0.325 e. The monoisotopic (exact) mass is 321 g/mol. The van der Waals surface area contributed by atoms with Gasteiger partial charge in [-0.25, -0.2) is 0 Å². The fourth-order valence-corrected chi connectivity index (χ4v) is 3.02. The van der Waals surface area contributed by atoms with Gasteiger partial charge in [-0.1, -0.05) is 57.6 Å². The van der Waals surface area contributed by atoms with Crippen molar-refractivity contribution in [1.29, 1.82) is 0 Å². The van der Waals surface area contributed by atoms with E-state index in [9.17, 15) is 10.1 Å². The lowest BCUT2D eigenvalue weighted by atomic mass is 10.1. The second-order valence-corrected chi connectivity index (χ2v) is 7.22. The maximum atomic E-state index is 10.9. The Morgan fingerprint density at radius 1 is 1.00 bits per heavy atom. The van der Waals surface area contributed by atoms with Gasteiger partial charge in [-0.05, 0) is 12.8 Å². The Hall–Kier alpha value is -1.42. The Kier molecular flexibility index (Phi) is 8.85. The standard InChI is InChI=1S/C19H33N2O2/c1-4-5-6-7-8-9-10-11-15-21(2,3)17-18-13-12-14-19(16-18)20(22)23/h12-14,16H,4-11,15,17H2,1-3H3/q+1. The van der Waals surface area contributed by atoms with Crippen LogP contribution in [-0.2, 0) is 6.54 Å². The summed E-state index contributed by atoms with van der Waals surface area (Å²) in [5.41, 5.74) is 1.23. The summed E-state index contributed by atoms with van der Waals surface area (Å²) < 4.78 is 0.886. The molecule has 0 aliphatic rings. The molecule has 0 heterocycles. The molecule has 0 unspecified atom stereocenters. The van der Waals surface area contributed by atoms with E-state index in [2.05, 4.69) is 21.0 Å². The lowest BCUT2D eigenvalue weighted by Gasteiger charge is -2.30. The Balaban J connectivity index is 2.27. The molecule has 0 saturated carbocycles. The molecule has 0 aliphatic heterocycles. The predicted octanol–water partition coefficient (Wildman–Crippen LogP) is 5.31. The van der Waals surface area contributed by atoms with Gasteiger partial charge in [0.05, 0.1) is 25.6 Å². The van der Waals surface area contributed by atoms with E-state index in [0.29, 0.717) is 0 Å². The van der Waals surface area contributed by atoms with Gasteiger partial charge in [0.25, 0.3) is 5.69 Å². The van der Waals surface area contributed by atoms with Crippen LogP contribution < -0.4 is 0 Å². The first kappa shape index (κ1) is 19.6. The van der Waals surface area contributed by atoms with Crippen LogP contribution in [0.3, 0.4) is 0 Å². The van der Waals surface area contributed by atoms with Crippen molar-refractivity contribution in [2.24, 2.45) is 0 Å². The van der Waals surface area contributed by atoms with Crippen molar-refractivity contribution in [3.63, 3.8) is 0 Å². The Labute approximate surface area is 141 Å². The molecule has 0 spiro atoms. The van der Waals surface area contributed by atoms with Gasteiger partial charge in [-0.15, -0.1) is 0 Å². The van der Waals surface area contributed by atoms with Crippen molar-refractivity contribution in [1.82, 2.24) is 0 Å². The molecule has 0 saturated heterocycles. The molecule has 4 heteroatoms. The summed E-state index contributed by atoms with van der Waals surface area (Å²) in [7, 11) is 4.42. The Morgan fingerprint density at radius 3 is 2.22 bits per heavy atom. The number of hydrogen-bond acceptors (Lipinski definition) is 2. The fraction of sp³-hybridized carbons (Fsp3) is 0.684. The predicted molar refractivity (Wildman–Crippen MR) is 96.4 cm³/mol. The highest BCUT2D eigenvalue weighted by Gasteiger charge is 2.17. The van der Waals surface area contributed by atoms with Crippen molar-refractivity contribution in [2.45, 2.75) is 64.8 Å². The van der Waals surface area contributed by atoms with E-state index in [1.54, 1.807) is 18.2 Å². The molecule has 0 aliphatic carbocycles. The maximum Gasteiger partial charge on any atom is 0.269 e. The molecule has 130 valence electrons. The SMILES string of the molecule is CCCCCCCCCC[N+](C)(C)Cc1cccc([N+](=O)[O-])c1. The lowest BCUT2D eigenvalue weighted by Crippen LogP contribution is -2.39. The molecular weight excluding hydrogens is 288 g/mol. The smallest absolute Gasteiger partial charge is 0.269 e. The zero-order valence-electron chi connectivity index (χ0n) is 15.1. The third-order valence-corrected chi connectivity index (χ3v) is 4.35. The topological polar surface area (TPSA) is 43.1 Å². The summed E-state index contributed by atoms with van der Waals surface area (Å²) in [4.78, 5) is 10.5. The highest BCUT2D eigenvalue weighted by Crippen LogP contribution is 2.17. The summed E-state index contributed by atoms with van der Waals surface area (Å²) in [6, 6.07) is 7.03. The second-order valence-electron chi connectivity index (χ2n) is 7.22. The van der Waals surface area contributed by atoms with Crippen LogP contribution in [0.25, 0.3) is 0 Å². The highest BCUT2D eigenvalue weighted by atomic mass is 16.6. The quantitative estimate of drug-likeness (QED) is 0.226. The van der Waals surface area contributed by atoms with Gasteiger partial charge in [-0.3, -0.25) is 10.1 Å². The molecule has 0 radical (unpaired) electrons. The third-order valence-electron chi connectivity index (χ3n) is 4.35. The van der Waals surface area contributed by atoms with E-state index in [-0.39, 0.29) is 10.6 Å². The van der Waals surface area contributed by atoms with Crippen molar-refractivity contribution >= 4 is 5.69 Å². The zero-order valence-corrected chi connectivity index (χ0v) is 15.1. The average molecular weight is 321 g/mol. The normalized spacial score (nSPS) is 11.6. The molecule has 1 aromatic carbocycles. The summed E-state index contributed by atoms with van der Waals surface area (Å²) in [6.07, 6.45) is 10.7. The fourth-order valence-electron chi connectivity index (χ4n) is 3.02. The van der Waals surface area contributed by atoms with Crippen LogP contribution in [0.4, 0.5) is 5.69 Å². The van der Waals surface area contributed by atoms with E-state index in [4.69, 9.17) is 0 Å². The molecule has 4 nitrogen and oxygen atoms in total. The van der Waals surface area contributed by atoms with Crippen molar-refractivity contribution in [3.8, 4) is 0 Å². The number of nitro benzene ring substituents is 1. The molecule has 0 N–H and O–H groups in total. The number of quaternary nitrogens is 1. The third kappa shape index (κ3) is 8.70. The van der Waals surface area contributed by atoms with E-state index < -0.39 is 0 Å². The van der Waals surface area contributed by atoms with Crippen molar-refractivity contribution < 1.29 is 9.41 Å². The van der Waals surface area contributed by atoms with Gasteiger partial charge in [0.2, 0.25) is 0 Å². The van der Waals surface area contributed by atoms with Gasteiger partial charge >= 0.3 is 0 Å². The molecule has 1 aromatic rings. The van der Waals surface area contributed by atoms with Crippen LogP contribution in [0.5, 0.6) is 0 Å². The summed E-state index contributed by atoms with van der Waals surface area (Å²) in [6.45, 7) is 4.22. The lowest BCUT2D eigenvalue weighted by molar-refractivity contribution is -0.903. The van der Waals surface area contributed by atoms with Crippen molar-refractivity contribution in [2.75, 3.05) is 20.6 Å². The summed E-state index contributed by atoms with van der Waals surface area (Å²) in [5, 5.41) is 10.9. The van der Waals surface area contributed by atoms with Crippen LogP contribution in [0.2, 0.25) is 0 Å². The molecule has 0 bridgehead atoms. The molecule has 0 aromatic heterocycles. The minimum absolute atomic E-state index is 0.189. The highest BCUT2D eigenvalue weighted by molar-refractivity contribution is 5.33. The summed E-state index contributed by atoms with van der Waals surface area (Å²) in [5.74, 6) is 0. The number of unbranched alkanes of at least 4 members (excludes halogenated alkanes) is 7. The van der Waals surface area contributed by atoms with Crippen LogP contribution >= 0.6 is 0 Å². The number of rotatable bonds is 12. The van der Waals surface area contributed by atoms with Gasteiger partial charge in [0.15, 0.2) is 0 Å². The van der Waals surface area contributed by atoms with Gasteiger partial charge < -0.3 is 4.48 Å². The minimum atomic E-state index is -0.317. The number of hydrogen-bond donors (Lipinski definition) is 0. The minimum Gasteiger partial charge on any atom is -0.325 e. The number of non-ortho nitro benzene ring substituents is 1. The van der Waals surface area contributed by atoms with Crippen molar-refractivity contribution in [3.05, 3.63) is 39.9 Å². The number of nitrogens with zero attached hydrogens (tertiary/aromatic N) is 2. The van der Waals surface area contributed by atoms with E-state index in [0.717, 1.165) is 23.1 Å². The molecule has 0 atom stereocenters. The Morgan fingerprint density at radius 2 is 1.61 bits per heavy atom. The number of nitro groups is 1. The molecule has 0 amide bonds. The molecular formula is C19H33N2O2+. The van der Waals surface area contributed by atoms with Crippen LogP contribution in [-0.4, -0.2) is 30.0 Å². The molecule has 23 heavy (non-hydrogen) atoms.